The minimum absolute atomic E-state index is 0.481. The van der Waals surface area contributed by atoms with Gasteiger partial charge in [-0.15, -0.1) is 0 Å². The van der Waals surface area contributed by atoms with Crippen molar-refractivity contribution in [2.75, 3.05) is 20.0 Å². The first-order chi connectivity index (χ1) is 8.65. The van der Waals surface area contributed by atoms with Crippen LogP contribution in [0.1, 0.15) is 5.56 Å². The predicted octanol–water partition coefficient (Wildman–Crippen LogP) is 2.05. The maximum absolute atomic E-state index is 5.78. The molecule has 94 valence electrons. The number of rotatable bonds is 3. The predicted molar refractivity (Wildman–Crippen MR) is 69.7 cm³/mol. The molecule has 18 heavy (non-hydrogen) atoms. The van der Waals surface area contributed by atoms with Gasteiger partial charge in [-0.2, -0.15) is 0 Å². The lowest BCUT2D eigenvalue weighted by atomic mass is 10.2. The number of hydrogen-bond donors (Lipinski definition) is 1. The molecule has 2 N–H and O–H groups in total. The molecule has 0 saturated heterocycles. The molecule has 0 amide bonds. The maximum atomic E-state index is 5.78. The summed E-state index contributed by atoms with van der Waals surface area (Å²) in [7, 11) is 3.18. The van der Waals surface area contributed by atoms with Crippen LogP contribution in [0.3, 0.4) is 0 Å². The third-order valence-electron chi connectivity index (χ3n) is 2.65. The summed E-state index contributed by atoms with van der Waals surface area (Å²) in [6, 6.07) is 5.50. The number of anilines is 1. The van der Waals surface area contributed by atoms with Crippen LogP contribution >= 0.6 is 0 Å². The first-order valence-electron chi connectivity index (χ1n) is 5.47. The van der Waals surface area contributed by atoms with E-state index in [1.54, 1.807) is 20.4 Å². The van der Waals surface area contributed by atoms with Gasteiger partial charge in [-0.25, -0.2) is 9.97 Å². The number of aryl methyl sites for hydroxylation is 1. The molecule has 5 heteroatoms. The molecular weight excluding hydrogens is 230 g/mol. The van der Waals surface area contributed by atoms with Gasteiger partial charge >= 0.3 is 0 Å². The standard InChI is InChI=1S/C13H15N3O2/c1-8-7-15-13(16-12(8)14)9-4-5-10(17-2)11(6-9)18-3/h4-7H,1-3H3,(H2,14,15,16). The lowest BCUT2D eigenvalue weighted by Gasteiger charge is -2.09. The summed E-state index contributed by atoms with van der Waals surface area (Å²) in [4.78, 5) is 8.50. The van der Waals surface area contributed by atoms with Crippen LogP contribution in [-0.2, 0) is 0 Å². The third kappa shape index (κ3) is 2.20. The van der Waals surface area contributed by atoms with Gasteiger partial charge in [0.05, 0.1) is 14.2 Å². The molecule has 0 aliphatic heterocycles. The number of benzene rings is 1. The number of nitrogens with zero attached hydrogens (tertiary/aromatic N) is 2. The highest BCUT2D eigenvalue weighted by Crippen LogP contribution is 2.31. The Morgan fingerprint density at radius 3 is 2.44 bits per heavy atom. The number of nitrogen functional groups attached to an aromatic ring is 1. The second kappa shape index (κ2) is 4.91. The Morgan fingerprint density at radius 1 is 1.11 bits per heavy atom. The molecule has 0 aliphatic carbocycles. The van der Waals surface area contributed by atoms with Crippen molar-refractivity contribution in [2.45, 2.75) is 6.92 Å². The number of methoxy groups -OCH3 is 2. The van der Waals surface area contributed by atoms with Crippen molar-refractivity contribution in [3.63, 3.8) is 0 Å². The van der Waals surface area contributed by atoms with Crippen LogP contribution in [0.25, 0.3) is 11.4 Å². The Kier molecular flexibility index (Phi) is 3.32. The summed E-state index contributed by atoms with van der Waals surface area (Å²) in [6.07, 6.45) is 1.70. The summed E-state index contributed by atoms with van der Waals surface area (Å²) >= 11 is 0. The van der Waals surface area contributed by atoms with Crippen LogP contribution in [0.5, 0.6) is 11.5 Å². The highest BCUT2D eigenvalue weighted by atomic mass is 16.5. The molecule has 0 bridgehead atoms. The van der Waals surface area contributed by atoms with Crippen LogP contribution < -0.4 is 15.2 Å². The molecular formula is C13H15N3O2. The van der Waals surface area contributed by atoms with Gasteiger partial charge in [0.2, 0.25) is 0 Å². The quantitative estimate of drug-likeness (QED) is 0.896. The van der Waals surface area contributed by atoms with Gasteiger partial charge in [-0.05, 0) is 25.1 Å². The van der Waals surface area contributed by atoms with E-state index in [9.17, 15) is 0 Å². The smallest absolute Gasteiger partial charge is 0.161 e. The molecule has 0 radical (unpaired) electrons. The van der Waals surface area contributed by atoms with E-state index in [2.05, 4.69) is 9.97 Å². The number of aromatic nitrogens is 2. The summed E-state index contributed by atoms with van der Waals surface area (Å²) in [6.45, 7) is 1.87. The number of nitrogens with two attached hydrogens (primary N) is 1. The highest BCUT2D eigenvalue weighted by molar-refractivity contribution is 5.62. The van der Waals surface area contributed by atoms with E-state index in [0.29, 0.717) is 23.1 Å². The molecule has 5 nitrogen and oxygen atoms in total. The van der Waals surface area contributed by atoms with E-state index < -0.39 is 0 Å². The average molecular weight is 245 g/mol. The molecule has 0 unspecified atom stereocenters. The zero-order chi connectivity index (χ0) is 13.1. The molecule has 1 aromatic carbocycles. The summed E-state index contributed by atoms with van der Waals surface area (Å²) < 4.78 is 10.4. The minimum atomic E-state index is 0.481. The molecule has 0 aliphatic rings. The zero-order valence-corrected chi connectivity index (χ0v) is 10.6. The van der Waals surface area contributed by atoms with Gasteiger partial charge in [0.25, 0.3) is 0 Å². The van der Waals surface area contributed by atoms with E-state index in [-0.39, 0.29) is 0 Å². The van der Waals surface area contributed by atoms with Crippen LogP contribution in [0, 0.1) is 6.92 Å². The van der Waals surface area contributed by atoms with Crippen molar-refractivity contribution in [1.29, 1.82) is 0 Å². The van der Waals surface area contributed by atoms with Crippen molar-refractivity contribution in [3.8, 4) is 22.9 Å². The Balaban J connectivity index is 2.47. The molecule has 0 fully saturated rings. The van der Waals surface area contributed by atoms with Gasteiger partial charge in [0, 0.05) is 17.3 Å². The fourth-order valence-corrected chi connectivity index (χ4v) is 1.57. The monoisotopic (exact) mass is 245 g/mol. The second-order valence-corrected chi connectivity index (χ2v) is 3.83. The van der Waals surface area contributed by atoms with E-state index in [1.165, 1.54) is 0 Å². The molecule has 0 spiro atoms. The van der Waals surface area contributed by atoms with Gasteiger partial charge in [0.1, 0.15) is 5.82 Å². The highest BCUT2D eigenvalue weighted by Gasteiger charge is 2.08. The molecule has 1 heterocycles. The van der Waals surface area contributed by atoms with Crippen LogP contribution in [0.15, 0.2) is 24.4 Å². The fraction of sp³-hybridized carbons (Fsp3) is 0.231. The normalized spacial score (nSPS) is 10.2. The van der Waals surface area contributed by atoms with Crippen LogP contribution in [0.2, 0.25) is 0 Å². The third-order valence-corrected chi connectivity index (χ3v) is 2.65. The maximum Gasteiger partial charge on any atom is 0.161 e. The number of hydrogen-bond acceptors (Lipinski definition) is 5. The molecule has 0 atom stereocenters. The summed E-state index contributed by atoms with van der Waals surface area (Å²) in [5.41, 5.74) is 7.47. The summed E-state index contributed by atoms with van der Waals surface area (Å²) in [5, 5.41) is 0. The molecule has 1 aromatic heterocycles. The number of ether oxygens (including phenoxy) is 2. The van der Waals surface area contributed by atoms with Crippen molar-refractivity contribution in [3.05, 3.63) is 30.0 Å². The van der Waals surface area contributed by atoms with Crippen LogP contribution in [-0.4, -0.2) is 24.2 Å². The van der Waals surface area contributed by atoms with Crippen molar-refractivity contribution in [1.82, 2.24) is 9.97 Å². The first-order valence-corrected chi connectivity index (χ1v) is 5.47. The topological polar surface area (TPSA) is 70.3 Å². The lowest BCUT2D eigenvalue weighted by molar-refractivity contribution is 0.355. The summed E-state index contributed by atoms with van der Waals surface area (Å²) in [5.74, 6) is 2.35. The average Bonchev–Trinajstić information content (AvgIpc) is 2.41. The zero-order valence-electron chi connectivity index (χ0n) is 10.6. The second-order valence-electron chi connectivity index (χ2n) is 3.83. The largest absolute Gasteiger partial charge is 0.493 e. The minimum Gasteiger partial charge on any atom is -0.493 e. The Morgan fingerprint density at radius 2 is 1.83 bits per heavy atom. The van der Waals surface area contributed by atoms with Gasteiger partial charge in [-0.1, -0.05) is 0 Å². The molecule has 0 saturated carbocycles. The molecule has 2 rings (SSSR count). The van der Waals surface area contributed by atoms with Gasteiger partial charge in [-0.3, -0.25) is 0 Å². The molecule has 2 aromatic rings. The lowest BCUT2D eigenvalue weighted by Crippen LogP contribution is -1.99. The SMILES string of the molecule is COc1ccc(-c2ncc(C)c(N)n2)cc1OC. The fourth-order valence-electron chi connectivity index (χ4n) is 1.57. The van der Waals surface area contributed by atoms with Gasteiger partial charge < -0.3 is 15.2 Å². The van der Waals surface area contributed by atoms with E-state index >= 15 is 0 Å². The van der Waals surface area contributed by atoms with Crippen molar-refractivity contribution >= 4 is 5.82 Å². The Bertz CT molecular complexity index is 570. The van der Waals surface area contributed by atoms with Crippen LogP contribution in [0.4, 0.5) is 5.82 Å². The Labute approximate surface area is 106 Å². The first kappa shape index (κ1) is 12.2. The van der Waals surface area contributed by atoms with Crippen molar-refractivity contribution in [2.24, 2.45) is 0 Å². The van der Waals surface area contributed by atoms with Crippen molar-refractivity contribution < 1.29 is 9.47 Å². The van der Waals surface area contributed by atoms with E-state index in [1.807, 2.05) is 25.1 Å². The van der Waals surface area contributed by atoms with E-state index in [0.717, 1.165) is 11.1 Å². The van der Waals surface area contributed by atoms with Gasteiger partial charge in [0.15, 0.2) is 17.3 Å². The van der Waals surface area contributed by atoms with E-state index in [4.69, 9.17) is 15.2 Å². The Hall–Kier alpha value is -2.30.